The van der Waals surface area contributed by atoms with Crippen LogP contribution >= 0.6 is 15.9 Å². The highest BCUT2D eigenvalue weighted by Gasteiger charge is 2.16. The molecule has 0 bridgehead atoms. The molecule has 1 aliphatic heterocycles. The second-order valence-electron chi connectivity index (χ2n) is 5.38. The van der Waals surface area contributed by atoms with Crippen LogP contribution in [0.4, 0.5) is 0 Å². The normalized spacial score (nSPS) is 15.5. The van der Waals surface area contributed by atoms with Crippen LogP contribution in [0.3, 0.4) is 0 Å². The van der Waals surface area contributed by atoms with Gasteiger partial charge in [0.15, 0.2) is 11.5 Å². The number of rotatable bonds is 5. The lowest BCUT2D eigenvalue weighted by Gasteiger charge is -2.25. The van der Waals surface area contributed by atoms with Crippen LogP contribution in [-0.2, 0) is 17.8 Å². The van der Waals surface area contributed by atoms with E-state index < -0.39 is 0 Å². The zero-order valence-corrected chi connectivity index (χ0v) is 14.2. The van der Waals surface area contributed by atoms with Gasteiger partial charge in [0.05, 0.1) is 19.8 Å². The summed E-state index contributed by atoms with van der Waals surface area (Å²) in [5.74, 6) is 0.460. The molecule has 2 aromatic rings. The van der Waals surface area contributed by atoms with Crippen molar-refractivity contribution in [3.63, 3.8) is 0 Å². The minimum Gasteiger partial charge on any atom is -0.379 e. The third-order valence-corrected chi connectivity index (χ3v) is 4.11. The van der Waals surface area contributed by atoms with Crippen LogP contribution < -0.4 is 5.32 Å². The summed E-state index contributed by atoms with van der Waals surface area (Å²) in [5, 5.41) is 6.70. The van der Waals surface area contributed by atoms with Crippen molar-refractivity contribution < 1.29 is 14.1 Å². The number of amides is 1. The Morgan fingerprint density at radius 1 is 1.30 bits per heavy atom. The van der Waals surface area contributed by atoms with Gasteiger partial charge in [0.2, 0.25) is 0 Å². The summed E-state index contributed by atoms with van der Waals surface area (Å²) in [6.07, 6.45) is 0. The molecule has 23 heavy (non-hydrogen) atoms. The number of morpholine rings is 1. The topological polar surface area (TPSA) is 67.6 Å². The summed E-state index contributed by atoms with van der Waals surface area (Å²) >= 11 is 3.41. The third kappa shape index (κ3) is 4.63. The molecular weight excluding hydrogens is 362 g/mol. The van der Waals surface area contributed by atoms with Crippen molar-refractivity contribution in [2.45, 2.75) is 13.1 Å². The predicted octanol–water partition coefficient (Wildman–Crippen LogP) is 2.20. The molecule has 0 aliphatic carbocycles. The number of benzene rings is 1. The molecule has 0 unspecified atom stereocenters. The van der Waals surface area contributed by atoms with Crippen molar-refractivity contribution in [2.75, 3.05) is 26.3 Å². The largest absolute Gasteiger partial charge is 0.379 e. The van der Waals surface area contributed by atoms with Gasteiger partial charge in [-0.3, -0.25) is 9.69 Å². The first-order chi connectivity index (χ1) is 11.2. The van der Waals surface area contributed by atoms with E-state index in [0.717, 1.165) is 36.3 Å². The lowest BCUT2D eigenvalue weighted by molar-refractivity contribution is 0.0305. The van der Waals surface area contributed by atoms with Crippen LogP contribution in [0.15, 0.2) is 39.3 Å². The van der Waals surface area contributed by atoms with Gasteiger partial charge in [-0.1, -0.05) is 33.2 Å². The Kier molecular flexibility index (Phi) is 5.43. The van der Waals surface area contributed by atoms with Crippen molar-refractivity contribution in [2.24, 2.45) is 0 Å². The summed E-state index contributed by atoms with van der Waals surface area (Å²) < 4.78 is 11.6. The highest BCUT2D eigenvalue weighted by Crippen LogP contribution is 2.12. The molecule has 1 aliphatic rings. The summed E-state index contributed by atoms with van der Waals surface area (Å²) in [4.78, 5) is 14.3. The van der Waals surface area contributed by atoms with Crippen LogP contribution in [0.1, 0.15) is 21.8 Å². The Hall–Kier alpha value is -1.70. The lowest BCUT2D eigenvalue weighted by atomic mass is 10.2. The molecule has 1 saturated heterocycles. The molecule has 0 spiro atoms. The first-order valence-electron chi connectivity index (χ1n) is 7.49. The minimum atomic E-state index is -0.234. The van der Waals surface area contributed by atoms with E-state index >= 15 is 0 Å². The Morgan fingerprint density at radius 2 is 2.13 bits per heavy atom. The molecule has 0 saturated carbocycles. The van der Waals surface area contributed by atoms with Crippen molar-refractivity contribution in [1.29, 1.82) is 0 Å². The average Bonchev–Trinajstić information content (AvgIpc) is 3.02. The number of aromatic nitrogens is 1. The van der Waals surface area contributed by atoms with E-state index in [0.29, 0.717) is 24.5 Å². The van der Waals surface area contributed by atoms with E-state index in [4.69, 9.17) is 9.26 Å². The number of carbonyl (C=O) groups is 1. The third-order valence-electron chi connectivity index (χ3n) is 3.62. The highest BCUT2D eigenvalue weighted by atomic mass is 79.9. The van der Waals surface area contributed by atoms with Crippen LogP contribution in [0, 0.1) is 0 Å². The van der Waals surface area contributed by atoms with Gasteiger partial charge in [0.1, 0.15) is 0 Å². The van der Waals surface area contributed by atoms with Crippen LogP contribution in [-0.4, -0.2) is 42.3 Å². The van der Waals surface area contributed by atoms with E-state index in [1.54, 1.807) is 6.07 Å². The van der Waals surface area contributed by atoms with Crippen molar-refractivity contribution in [1.82, 2.24) is 15.4 Å². The van der Waals surface area contributed by atoms with Crippen molar-refractivity contribution >= 4 is 21.8 Å². The SMILES string of the molecule is O=C(NCc1cccc(Br)c1)c1cc(CN2CCOCC2)on1. The molecule has 1 fully saturated rings. The Bertz CT molecular complexity index is 668. The number of hydrogen-bond acceptors (Lipinski definition) is 5. The van der Waals surface area contributed by atoms with E-state index in [2.05, 4.69) is 31.3 Å². The second-order valence-corrected chi connectivity index (χ2v) is 6.30. The number of carbonyl (C=O) groups excluding carboxylic acids is 1. The average molecular weight is 380 g/mol. The zero-order valence-electron chi connectivity index (χ0n) is 12.6. The van der Waals surface area contributed by atoms with Crippen LogP contribution in [0.5, 0.6) is 0 Å². The molecule has 0 radical (unpaired) electrons. The molecule has 3 rings (SSSR count). The standard InChI is InChI=1S/C16H18BrN3O3/c17-13-3-1-2-12(8-13)10-18-16(21)15-9-14(23-19-15)11-20-4-6-22-7-5-20/h1-3,8-9H,4-7,10-11H2,(H,18,21). The monoisotopic (exact) mass is 379 g/mol. The van der Waals surface area contributed by atoms with E-state index in [9.17, 15) is 4.79 Å². The fraction of sp³-hybridized carbons (Fsp3) is 0.375. The number of nitrogens with one attached hydrogen (secondary N) is 1. The lowest BCUT2D eigenvalue weighted by Crippen LogP contribution is -2.35. The Labute approximate surface area is 142 Å². The predicted molar refractivity (Wildman–Crippen MR) is 87.9 cm³/mol. The smallest absolute Gasteiger partial charge is 0.273 e. The summed E-state index contributed by atoms with van der Waals surface area (Å²) in [6, 6.07) is 9.50. The number of ether oxygens (including phenoxy) is 1. The molecule has 122 valence electrons. The van der Waals surface area contributed by atoms with Gasteiger partial charge in [0.25, 0.3) is 5.91 Å². The van der Waals surface area contributed by atoms with Gasteiger partial charge < -0.3 is 14.6 Å². The van der Waals surface area contributed by atoms with Gasteiger partial charge in [-0.2, -0.15) is 0 Å². The molecular formula is C16H18BrN3O3. The number of nitrogens with zero attached hydrogens (tertiary/aromatic N) is 2. The van der Waals surface area contributed by atoms with Crippen LogP contribution in [0.25, 0.3) is 0 Å². The van der Waals surface area contributed by atoms with Crippen LogP contribution in [0.2, 0.25) is 0 Å². The Morgan fingerprint density at radius 3 is 2.91 bits per heavy atom. The van der Waals surface area contributed by atoms with Gasteiger partial charge in [-0.05, 0) is 17.7 Å². The fourth-order valence-electron chi connectivity index (χ4n) is 2.39. The maximum atomic E-state index is 12.1. The molecule has 7 heteroatoms. The van der Waals surface area contributed by atoms with E-state index in [-0.39, 0.29) is 5.91 Å². The summed E-state index contributed by atoms with van der Waals surface area (Å²) in [7, 11) is 0. The zero-order chi connectivity index (χ0) is 16.1. The molecule has 1 N–H and O–H groups in total. The Balaban J connectivity index is 1.53. The second kappa shape index (κ2) is 7.72. The molecule has 6 nitrogen and oxygen atoms in total. The van der Waals surface area contributed by atoms with Gasteiger partial charge >= 0.3 is 0 Å². The molecule has 1 aromatic heterocycles. The first-order valence-corrected chi connectivity index (χ1v) is 8.28. The maximum absolute atomic E-state index is 12.1. The number of halogens is 1. The van der Waals surface area contributed by atoms with Crippen molar-refractivity contribution in [3.05, 3.63) is 51.8 Å². The molecule has 2 heterocycles. The van der Waals surface area contributed by atoms with E-state index in [1.165, 1.54) is 0 Å². The highest BCUT2D eigenvalue weighted by molar-refractivity contribution is 9.10. The van der Waals surface area contributed by atoms with Crippen molar-refractivity contribution in [3.8, 4) is 0 Å². The first kappa shape index (κ1) is 16.2. The number of hydrogen-bond donors (Lipinski definition) is 1. The summed E-state index contributed by atoms with van der Waals surface area (Å²) in [6.45, 7) is 4.29. The minimum absolute atomic E-state index is 0.234. The fourth-order valence-corrected chi connectivity index (χ4v) is 2.84. The molecule has 1 aromatic carbocycles. The molecule has 1 amide bonds. The summed E-state index contributed by atoms with van der Waals surface area (Å²) in [5.41, 5.74) is 1.33. The van der Waals surface area contributed by atoms with Gasteiger partial charge in [-0.25, -0.2) is 0 Å². The van der Waals surface area contributed by atoms with Gasteiger partial charge in [0, 0.05) is 30.2 Å². The quantitative estimate of drug-likeness (QED) is 0.862. The van der Waals surface area contributed by atoms with Gasteiger partial charge in [-0.15, -0.1) is 0 Å². The maximum Gasteiger partial charge on any atom is 0.273 e. The van der Waals surface area contributed by atoms with E-state index in [1.807, 2.05) is 24.3 Å². The molecule has 0 atom stereocenters.